The number of nitrogens with zero attached hydrogens (tertiary/aromatic N) is 1. The topological polar surface area (TPSA) is 41.6 Å². The Hall–Kier alpha value is -0.810. The van der Waals surface area contributed by atoms with E-state index in [0.717, 1.165) is 5.56 Å². The zero-order valence-corrected chi connectivity index (χ0v) is 13.9. The van der Waals surface area contributed by atoms with Gasteiger partial charge in [-0.1, -0.05) is 29.8 Å². The molecule has 6 heteroatoms. The quantitative estimate of drug-likeness (QED) is 0.921. The molecule has 0 aliphatic carbocycles. The molecule has 4 nitrogen and oxygen atoms in total. The minimum absolute atomic E-state index is 0. The summed E-state index contributed by atoms with van der Waals surface area (Å²) in [6.07, 6.45) is 0.370. The van der Waals surface area contributed by atoms with Crippen LogP contribution in [0, 0.1) is 0 Å². The number of carbonyl (C=O) groups is 1. The summed E-state index contributed by atoms with van der Waals surface area (Å²) in [5.74, 6) is 0.159. The van der Waals surface area contributed by atoms with Crippen molar-refractivity contribution in [2.24, 2.45) is 0 Å². The van der Waals surface area contributed by atoms with Gasteiger partial charge in [-0.15, -0.1) is 12.4 Å². The van der Waals surface area contributed by atoms with Crippen LogP contribution in [-0.2, 0) is 9.53 Å². The molecule has 1 aromatic rings. The first-order valence-electron chi connectivity index (χ1n) is 6.93. The van der Waals surface area contributed by atoms with Crippen LogP contribution in [0.4, 0.5) is 0 Å². The van der Waals surface area contributed by atoms with E-state index < -0.39 is 0 Å². The van der Waals surface area contributed by atoms with E-state index in [4.69, 9.17) is 16.3 Å². The molecular weight excluding hydrogens is 311 g/mol. The van der Waals surface area contributed by atoms with Crippen molar-refractivity contribution in [3.05, 3.63) is 34.9 Å². The summed E-state index contributed by atoms with van der Waals surface area (Å²) < 4.78 is 5.85. The van der Waals surface area contributed by atoms with E-state index in [1.165, 1.54) is 0 Å². The second-order valence-corrected chi connectivity index (χ2v) is 5.50. The molecule has 0 aromatic heterocycles. The van der Waals surface area contributed by atoms with Gasteiger partial charge in [-0.05, 0) is 20.0 Å². The number of amides is 1. The van der Waals surface area contributed by atoms with E-state index in [0.29, 0.717) is 31.1 Å². The number of carbonyl (C=O) groups excluding carboxylic acids is 1. The molecule has 0 bridgehead atoms. The number of ether oxygens (including phenoxy) is 1. The van der Waals surface area contributed by atoms with E-state index in [-0.39, 0.29) is 30.5 Å². The minimum Gasteiger partial charge on any atom is -0.369 e. The number of morpholine rings is 1. The van der Waals surface area contributed by atoms with Crippen molar-refractivity contribution < 1.29 is 9.53 Å². The Balaban J connectivity index is 0.00000220. The number of nitrogens with one attached hydrogen (secondary N) is 1. The lowest BCUT2D eigenvalue weighted by Gasteiger charge is -2.38. The standard InChI is InChI=1S/C15H21ClN2O2.ClH/c1-11-10-20-14(12-5-3-4-6-13(12)16)9-18(11)15(19)7-8-17-2;/h3-6,11,14,17H,7-10H2,1-2H3;1H. The van der Waals surface area contributed by atoms with E-state index in [2.05, 4.69) is 5.32 Å². The highest BCUT2D eigenvalue weighted by Gasteiger charge is 2.30. The first kappa shape index (κ1) is 18.2. The van der Waals surface area contributed by atoms with Crippen LogP contribution in [0.25, 0.3) is 0 Å². The maximum Gasteiger partial charge on any atom is 0.224 e. The molecule has 1 aromatic carbocycles. The van der Waals surface area contributed by atoms with Gasteiger partial charge in [-0.25, -0.2) is 0 Å². The number of rotatable bonds is 4. The summed E-state index contributed by atoms with van der Waals surface area (Å²) in [6.45, 7) is 3.81. The van der Waals surface area contributed by atoms with Gasteiger partial charge in [-0.3, -0.25) is 4.79 Å². The van der Waals surface area contributed by atoms with Gasteiger partial charge in [0.05, 0.1) is 19.2 Å². The van der Waals surface area contributed by atoms with Gasteiger partial charge in [0, 0.05) is 23.6 Å². The first-order chi connectivity index (χ1) is 9.63. The largest absolute Gasteiger partial charge is 0.369 e. The molecule has 118 valence electrons. The Labute approximate surface area is 137 Å². The predicted octanol–water partition coefficient (Wildman–Crippen LogP) is 2.66. The fourth-order valence-corrected chi connectivity index (χ4v) is 2.66. The lowest BCUT2D eigenvalue weighted by atomic mass is 10.1. The Morgan fingerprint density at radius 3 is 2.86 bits per heavy atom. The molecule has 0 radical (unpaired) electrons. The fourth-order valence-electron chi connectivity index (χ4n) is 2.40. The van der Waals surface area contributed by atoms with Crippen molar-refractivity contribution >= 4 is 29.9 Å². The van der Waals surface area contributed by atoms with Crippen LogP contribution in [0.5, 0.6) is 0 Å². The van der Waals surface area contributed by atoms with E-state index in [1.807, 2.05) is 43.1 Å². The zero-order chi connectivity index (χ0) is 14.5. The van der Waals surface area contributed by atoms with Crippen LogP contribution < -0.4 is 5.32 Å². The molecule has 1 fully saturated rings. The molecule has 1 amide bonds. The third kappa shape index (κ3) is 4.58. The highest BCUT2D eigenvalue weighted by Crippen LogP contribution is 2.30. The van der Waals surface area contributed by atoms with Crippen LogP contribution in [-0.4, -0.2) is 43.6 Å². The summed E-state index contributed by atoms with van der Waals surface area (Å²) in [6, 6.07) is 7.76. The van der Waals surface area contributed by atoms with E-state index in [1.54, 1.807) is 0 Å². The zero-order valence-electron chi connectivity index (χ0n) is 12.3. The maximum atomic E-state index is 12.2. The Kier molecular flexibility index (Phi) is 7.46. The van der Waals surface area contributed by atoms with Crippen molar-refractivity contribution in [1.29, 1.82) is 0 Å². The summed E-state index contributed by atoms with van der Waals surface area (Å²) in [4.78, 5) is 14.1. The van der Waals surface area contributed by atoms with Gasteiger partial charge in [0.15, 0.2) is 0 Å². The van der Waals surface area contributed by atoms with E-state index >= 15 is 0 Å². The van der Waals surface area contributed by atoms with Crippen LogP contribution in [0.1, 0.15) is 25.0 Å². The average molecular weight is 333 g/mol. The molecule has 1 heterocycles. The Bertz CT molecular complexity index is 471. The van der Waals surface area contributed by atoms with Crippen molar-refractivity contribution in [2.45, 2.75) is 25.5 Å². The van der Waals surface area contributed by atoms with Gasteiger partial charge in [0.25, 0.3) is 0 Å². The number of halogens is 2. The van der Waals surface area contributed by atoms with Crippen LogP contribution >= 0.6 is 24.0 Å². The first-order valence-corrected chi connectivity index (χ1v) is 7.31. The van der Waals surface area contributed by atoms with E-state index in [9.17, 15) is 4.79 Å². The number of hydrogen-bond donors (Lipinski definition) is 1. The van der Waals surface area contributed by atoms with Crippen LogP contribution in [0.2, 0.25) is 5.02 Å². The molecule has 0 spiro atoms. The lowest BCUT2D eigenvalue weighted by Crippen LogP contribution is -2.48. The smallest absolute Gasteiger partial charge is 0.224 e. The van der Waals surface area contributed by atoms with Crippen LogP contribution in [0.3, 0.4) is 0 Å². The van der Waals surface area contributed by atoms with Gasteiger partial charge in [-0.2, -0.15) is 0 Å². The summed E-state index contributed by atoms with van der Waals surface area (Å²) in [7, 11) is 1.85. The molecule has 1 aliphatic rings. The lowest BCUT2D eigenvalue weighted by molar-refractivity contribution is -0.144. The molecule has 1 N–H and O–H groups in total. The number of hydrogen-bond acceptors (Lipinski definition) is 3. The number of benzene rings is 1. The second-order valence-electron chi connectivity index (χ2n) is 5.09. The molecule has 1 aliphatic heterocycles. The van der Waals surface area contributed by atoms with Crippen molar-refractivity contribution in [3.8, 4) is 0 Å². The summed E-state index contributed by atoms with van der Waals surface area (Å²) in [5, 5.41) is 3.69. The average Bonchev–Trinajstić information content (AvgIpc) is 2.46. The highest BCUT2D eigenvalue weighted by atomic mass is 35.5. The normalized spacial score (nSPS) is 21.8. The maximum absolute atomic E-state index is 12.2. The van der Waals surface area contributed by atoms with Gasteiger partial charge in [0.2, 0.25) is 5.91 Å². The SMILES string of the molecule is CNCCC(=O)N1CC(c2ccccc2Cl)OCC1C.Cl. The molecule has 21 heavy (non-hydrogen) atoms. The van der Waals surface area contributed by atoms with Gasteiger partial charge < -0.3 is 15.0 Å². The van der Waals surface area contributed by atoms with Crippen molar-refractivity contribution in [2.75, 3.05) is 26.7 Å². The predicted molar refractivity (Wildman–Crippen MR) is 87.1 cm³/mol. The highest BCUT2D eigenvalue weighted by molar-refractivity contribution is 6.31. The Morgan fingerprint density at radius 1 is 1.48 bits per heavy atom. The molecule has 1 saturated heterocycles. The van der Waals surface area contributed by atoms with Gasteiger partial charge >= 0.3 is 0 Å². The van der Waals surface area contributed by atoms with Crippen LogP contribution in [0.15, 0.2) is 24.3 Å². The summed E-state index contributed by atoms with van der Waals surface area (Å²) in [5.41, 5.74) is 0.951. The minimum atomic E-state index is -0.140. The third-order valence-electron chi connectivity index (χ3n) is 3.59. The summed E-state index contributed by atoms with van der Waals surface area (Å²) >= 11 is 6.21. The molecule has 0 saturated carbocycles. The monoisotopic (exact) mass is 332 g/mol. The van der Waals surface area contributed by atoms with Gasteiger partial charge in [0.1, 0.15) is 6.10 Å². The molecular formula is C15H22Cl2N2O2. The second kappa shape index (κ2) is 8.59. The molecule has 2 unspecified atom stereocenters. The van der Waals surface area contributed by atoms with Crippen molar-refractivity contribution in [3.63, 3.8) is 0 Å². The van der Waals surface area contributed by atoms with Crippen molar-refractivity contribution in [1.82, 2.24) is 10.2 Å². The molecule has 2 atom stereocenters. The fraction of sp³-hybridized carbons (Fsp3) is 0.533. The molecule has 2 rings (SSSR count). The Morgan fingerprint density at radius 2 is 2.19 bits per heavy atom. The third-order valence-corrected chi connectivity index (χ3v) is 3.94.